The van der Waals surface area contributed by atoms with Crippen molar-refractivity contribution in [2.24, 2.45) is 5.92 Å². The molecule has 4 nitrogen and oxygen atoms in total. The number of fused-ring (bicyclic) bond motifs is 1. The first-order chi connectivity index (χ1) is 9.05. The van der Waals surface area contributed by atoms with Gasteiger partial charge in [-0.15, -0.1) is 0 Å². The van der Waals surface area contributed by atoms with E-state index in [0.717, 1.165) is 28.8 Å². The van der Waals surface area contributed by atoms with Crippen molar-refractivity contribution in [3.63, 3.8) is 0 Å². The van der Waals surface area contributed by atoms with E-state index in [-0.39, 0.29) is 0 Å². The van der Waals surface area contributed by atoms with Crippen LogP contribution in [0.5, 0.6) is 11.5 Å². The minimum absolute atomic E-state index is 0.539. The van der Waals surface area contributed by atoms with Gasteiger partial charge in [0.15, 0.2) is 0 Å². The van der Waals surface area contributed by atoms with Crippen LogP contribution in [0, 0.1) is 5.92 Å². The lowest BCUT2D eigenvalue weighted by molar-refractivity contribution is 0.398. The summed E-state index contributed by atoms with van der Waals surface area (Å²) in [5, 5.41) is 0.843. The highest BCUT2D eigenvalue weighted by molar-refractivity contribution is 5.96. The van der Waals surface area contributed by atoms with Gasteiger partial charge in [-0.05, 0) is 18.4 Å². The van der Waals surface area contributed by atoms with E-state index in [1.54, 1.807) is 14.2 Å². The highest BCUT2D eigenvalue weighted by Gasteiger charge is 2.12. The van der Waals surface area contributed by atoms with E-state index in [1.807, 2.05) is 18.2 Å². The van der Waals surface area contributed by atoms with Crippen molar-refractivity contribution in [1.82, 2.24) is 4.98 Å². The van der Waals surface area contributed by atoms with Crippen molar-refractivity contribution in [1.29, 1.82) is 0 Å². The number of pyridine rings is 1. The second kappa shape index (κ2) is 5.34. The van der Waals surface area contributed by atoms with Crippen LogP contribution in [0.15, 0.2) is 18.2 Å². The van der Waals surface area contributed by atoms with E-state index in [1.165, 1.54) is 0 Å². The predicted octanol–water partition coefficient (Wildman–Crippen LogP) is 3.03. The number of anilines is 1. The molecule has 0 unspecified atom stereocenters. The summed E-state index contributed by atoms with van der Waals surface area (Å²) in [4.78, 5) is 4.65. The second-order valence-corrected chi connectivity index (χ2v) is 5.02. The highest BCUT2D eigenvalue weighted by atomic mass is 16.5. The number of nitrogens with zero attached hydrogens (tertiary/aromatic N) is 1. The molecule has 0 aliphatic rings. The van der Waals surface area contributed by atoms with Gasteiger partial charge in [-0.1, -0.05) is 13.8 Å². The molecule has 2 rings (SSSR count). The number of aromatic nitrogens is 1. The van der Waals surface area contributed by atoms with Crippen molar-refractivity contribution in [2.45, 2.75) is 20.3 Å². The molecule has 1 aromatic heterocycles. The standard InChI is InChI=1S/C15H20N2O2/c1-9(2)5-10-6-12(16)15-13(17-10)7-11(18-3)8-14(15)19-4/h6-9H,5H2,1-4H3,(H2,16,17). The van der Waals surface area contributed by atoms with Gasteiger partial charge >= 0.3 is 0 Å². The van der Waals surface area contributed by atoms with Gasteiger partial charge in [0.1, 0.15) is 11.5 Å². The molecule has 1 heterocycles. The average molecular weight is 260 g/mol. The summed E-state index contributed by atoms with van der Waals surface area (Å²) in [7, 11) is 3.25. The Hall–Kier alpha value is -1.97. The van der Waals surface area contributed by atoms with Crippen molar-refractivity contribution in [3.8, 4) is 11.5 Å². The zero-order valence-corrected chi connectivity index (χ0v) is 11.9. The first-order valence-corrected chi connectivity index (χ1v) is 6.36. The SMILES string of the molecule is COc1cc(OC)c2c(N)cc(CC(C)C)nc2c1. The summed E-state index contributed by atoms with van der Waals surface area (Å²) >= 11 is 0. The molecule has 0 amide bonds. The van der Waals surface area contributed by atoms with Crippen LogP contribution in [0.25, 0.3) is 10.9 Å². The minimum atomic E-state index is 0.539. The Bertz CT molecular complexity index is 594. The molecule has 0 saturated carbocycles. The van der Waals surface area contributed by atoms with E-state index in [9.17, 15) is 0 Å². The van der Waals surface area contributed by atoms with E-state index >= 15 is 0 Å². The fourth-order valence-corrected chi connectivity index (χ4v) is 2.19. The van der Waals surface area contributed by atoms with Crippen LogP contribution >= 0.6 is 0 Å². The van der Waals surface area contributed by atoms with Gasteiger partial charge in [-0.2, -0.15) is 0 Å². The zero-order valence-electron chi connectivity index (χ0n) is 11.9. The maximum Gasteiger partial charge on any atom is 0.134 e. The number of methoxy groups -OCH3 is 2. The second-order valence-electron chi connectivity index (χ2n) is 5.02. The van der Waals surface area contributed by atoms with Crippen LogP contribution in [-0.4, -0.2) is 19.2 Å². The van der Waals surface area contributed by atoms with E-state index < -0.39 is 0 Å². The van der Waals surface area contributed by atoms with Crippen molar-refractivity contribution in [2.75, 3.05) is 20.0 Å². The lowest BCUT2D eigenvalue weighted by Gasteiger charge is -2.12. The van der Waals surface area contributed by atoms with Crippen LogP contribution in [0.2, 0.25) is 0 Å². The molecule has 2 N–H and O–H groups in total. The largest absolute Gasteiger partial charge is 0.497 e. The summed E-state index contributed by atoms with van der Waals surface area (Å²) in [5.41, 5.74) is 8.64. The molecular weight excluding hydrogens is 240 g/mol. The molecule has 4 heteroatoms. The van der Waals surface area contributed by atoms with Crippen LogP contribution in [-0.2, 0) is 6.42 Å². The number of benzene rings is 1. The Morgan fingerprint density at radius 1 is 1.16 bits per heavy atom. The zero-order chi connectivity index (χ0) is 14.0. The van der Waals surface area contributed by atoms with E-state index in [0.29, 0.717) is 17.4 Å². The van der Waals surface area contributed by atoms with Gasteiger partial charge in [0.25, 0.3) is 0 Å². The molecular formula is C15H20N2O2. The van der Waals surface area contributed by atoms with Gasteiger partial charge in [0.2, 0.25) is 0 Å². The summed E-state index contributed by atoms with van der Waals surface area (Å²) < 4.78 is 10.6. The molecule has 102 valence electrons. The molecule has 0 aliphatic carbocycles. The van der Waals surface area contributed by atoms with Gasteiger partial charge in [0, 0.05) is 23.5 Å². The first kappa shape index (κ1) is 13.5. The van der Waals surface area contributed by atoms with Crippen molar-refractivity contribution < 1.29 is 9.47 Å². The number of hydrogen-bond acceptors (Lipinski definition) is 4. The third-order valence-electron chi connectivity index (χ3n) is 3.00. The maximum absolute atomic E-state index is 6.14. The molecule has 0 radical (unpaired) electrons. The number of ether oxygens (including phenoxy) is 2. The molecule has 0 fully saturated rings. The van der Waals surface area contributed by atoms with Gasteiger partial charge in [-0.3, -0.25) is 4.98 Å². The molecule has 0 spiro atoms. The predicted molar refractivity (Wildman–Crippen MR) is 77.8 cm³/mol. The smallest absolute Gasteiger partial charge is 0.134 e. The monoisotopic (exact) mass is 260 g/mol. The summed E-state index contributed by atoms with van der Waals surface area (Å²) in [5.74, 6) is 1.95. The quantitative estimate of drug-likeness (QED) is 0.918. The third kappa shape index (κ3) is 2.72. The fourth-order valence-electron chi connectivity index (χ4n) is 2.19. The van der Waals surface area contributed by atoms with Crippen LogP contribution in [0.3, 0.4) is 0 Å². The minimum Gasteiger partial charge on any atom is -0.497 e. The van der Waals surface area contributed by atoms with Crippen molar-refractivity contribution >= 4 is 16.6 Å². The van der Waals surface area contributed by atoms with Gasteiger partial charge < -0.3 is 15.2 Å². The Labute approximate surface area is 113 Å². The maximum atomic E-state index is 6.14. The lowest BCUT2D eigenvalue weighted by Crippen LogP contribution is -2.01. The average Bonchev–Trinajstić information content (AvgIpc) is 2.36. The van der Waals surface area contributed by atoms with E-state index in [4.69, 9.17) is 15.2 Å². The van der Waals surface area contributed by atoms with Crippen LogP contribution in [0.4, 0.5) is 5.69 Å². The van der Waals surface area contributed by atoms with Gasteiger partial charge in [0.05, 0.1) is 25.1 Å². The highest BCUT2D eigenvalue weighted by Crippen LogP contribution is 2.34. The normalized spacial score (nSPS) is 11.0. The Balaban J connectivity index is 2.65. The molecule has 2 aromatic rings. The number of rotatable bonds is 4. The first-order valence-electron chi connectivity index (χ1n) is 6.36. The van der Waals surface area contributed by atoms with Crippen molar-refractivity contribution in [3.05, 3.63) is 23.9 Å². The number of nitrogen functional groups attached to an aromatic ring is 1. The molecule has 0 bridgehead atoms. The molecule has 19 heavy (non-hydrogen) atoms. The molecule has 0 atom stereocenters. The Kier molecular flexibility index (Phi) is 3.79. The summed E-state index contributed by atoms with van der Waals surface area (Å²) in [6, 6.07) is 5.64. The number of hydrogen-bond donors (Lipinski definition) is 1. The molecule has 0 aliphatic heterocycles. The van der Waals surface area contributed by atoms with Gasteiger partial charge in [-0.25, -0.2) is 0 Å². The van der Waals surface area contributed by atoms with Crippen LogP contribution < -0.4 is 15.2 Å². The summed E-state index contributed by atoms with van der Waals surface area (Å²) in [6.07, 6.45) is 0.902. The van der Waals surface area contributed by atoms with E-state index in [2.05, 4.69) is 18.8 Å². The topological polar surface area (TPSA) is 57.4 Å². The fraction of sp³-hybridized carbons (Fsp3) is 0.400. The Morgan fingerprint density at radius 2 is 1.89 bits per heavy atom. The Morgan fingerprint density at radius 3 is 2.47 bits per heavy atom. The molecule has 1 aromatic carbocycles. The van der Waals surface area contributed by atoms with Crippen LogP contribution in [0.1, 0.15) is 19.5 Å². The number of nitrogens with two attached hydrogens (primary N) is 1. The molecule has 0 saturated heterocycles. The lowest BCUT2D eigenvalue weighted by atomic mass is 10.0. The summed E-state index contributed by atoms with van der Waals surface area (Å²) in [6.45, 7) is 4.32. The third-order valence-corrected chi connectivity index (χ3v) is 3.00.